The molecule has 2 aromatic rings. The Hall–Kier alpha value is -2.44. The molecule has 156 valence electrons. The minimum Gasteiger partial charge on any atom is -0.364 e. The fraction of sp³-hybridized carbons (Fsp3) is 0.636. The second-order valence-corrected chi connectivity index (χ2v) is 8.79. The largest absolute Gasteiger partial charge is 0.364 e. The topological polar surface area (TPSA) is 83.9 Å². The Morgan fingerprint density at radius 3 is 2.76 bits per heavy atom. The van der Waals surface area contributed by atoms with Crippen LogP contribution in [0, 0.1) is 18.8 Å². The van der Waals surface area contributed by atoms with Gasteiger partial charge in [0.15, 0.2) is 5.43 Å². The number of amides is 1. The first-order valence-corrected chi connectivity index (χ1v) is 11.0. The van der Waals surface area contributed by atoms with E-state index in [9.17, 15) is 9.59 Å². The number of nitrogens with zero attached hydrogens (tertiary/aromatic N) is 4. The summed E-state index contributed by atoms with van der Waals surface area (Å²) in [5.74, 6) is 0.915. The quantitative estimate of drug-likeness (QED) is 0.841. The first-order chi connectivity index (χ1) is 14.1. The lowest BCUT2D eigenvalue weighted by molar-refractivity contribution is 0.0657. The maximum atomic E-state index is 12.8. The Morgan fingerprint density at radius 2 is 1.97 bits per heavy atom. The van der Waals surface area contributed by atoms with Crippen LogP contribution in [0.1, 0.15) is 66.7 Å². The van der Waals surface area contributed by atoms with Crippen molar-refractivity contribution < 1.29 is 4.79 Å². The summed E-state index contributed by atoms with van der Waals surface area (Å²) in [5.41, 5.74) is 1.87. The average molecular weight is 398 g/mol. The van der Waals surface area contributed by atoms with E-state index in [4.69, 9.17) is 0 Å². The van der Waals surface area contributed by atoms with Crippen molar-refractivity contribution in [1.29, 1.82) is 0 Å². The van der Waals surface area contributed by atoms with Crippen LogP contribution in [-0.2, 0) is 13.0 Å². The van der Waals surface area contributed by atoms with Gasteiger partial charge in [0.2, 0.25) is 0 Å². The molecule has 1 amide bonds. The second-order valence-electron chi connectivity index (χ2n) is 8.79. The molecular formula is C22H31N5O2. The van der Waals surface area contributed by atoms with Crippen LogP contribution in [0.4, 0.5) is 0 Å². The predicted octanol–water partition coefficient (Wildman–Crippen LogP) is 2.95. The number of carbonyl (C=O) groups excluding carboxylic acids is 1. The van der Waals surface area contributed by atoms with Crippen LogP contribution in [-0.4, -0.2) is 43.9 Å². The first kappa shape index (κ1) is 19.9. The Kier molecular flexibility index (Phi) is 6.11. The molecule has 0 radical (unpaired) electrons. The number of aromatic nitrogens is 4. The van der Waals surface area contributed by atoms with Gasteiger partial charge in [-0.3, -0.25) is 14.3 Å². The fourth-order valence-corrected chi connectivity index (χ4v) is 4.78. The minimum absolute atomic E-state index is 0.174. The lowest BCUT2D eigenvalue weighted by Crippen LogP contribution is -2.42. The molecule has 1 saturated carbocycles. The summed E-state index contributed by atoms with van der Waals surface area (Å²) < 4.78 is 1.94. The van der Waals surface area contributed by atoms with Gasteiger partial charge in [-0.15, -0.1) is 5.10 Å². The molecule has 7 nitrogen and oxygen atoms in total. The zero-order valence-corrected chi connectivity index (χ0v) is 17.3. The lowest BCUT2D eigenvalue weighted by Gasteiger charge is -2.32. The van der Waals surface area contributed by atoms with E-state index in [2.05, 4.69) is 21.5 Å². The van der Waals surface area contributed by atoms with Crippen molar-refractivity contribution in [3.63, 3.8) is 0 Å². The zero-order chi connectivity index (χ0) is 20.2. The summed E-state index contributed by atoms with van der Waals surface area (Å²) >= 11 is 0. The number of piperidine rings is 1. The molecule has 1 N–H and O–H groups in total. The van der Waals surface area contributed by atoms with Gasteiger partial charge in [0.25, 0.3) is 5.91 Å². The van der Waals surface area contributed by atoms with E-state index in [1.807, 2.05) is 16.5 Å². The van der Waals surface area contributed by atoms with Crippen LogP contribution in [0.5, 0.6) is 0 Å². The zero-order valence-electron chi connectivity index (χ0n) is 17.3. The molecule has 1 atom stereocenters. The van der Waals surface area contributed by atoms with E-state index in [0.717, 1.165) is 43.1 Å². The maximum absolute atomic E-state index is 12.8. The van der Waals surface area contributed by atoms with Gasteiger partial charge in [-0.05, 0) is 38.0 Å². The summed E-state index contributed by atoms with van der Waals surface area (Å²) in [6, 6.07) is 1.48. The molecule has 2 aromatic heterocycles. The smallest absolute Gasteiger partial charge is 0.259 e. The molecule has 2 fully saturated rings. The summed E-state index contributed by atoms with van der Waals surface area (Å²) in [7, 11) is 0. The number of likely N-dealkylation sites (tertiary alicyclic amines) is 1. The van der Waals surface area contributed by atoms with E-state index in [0.29, 0.717) is 19.0 Å². The van der Waals surface area contributed by atoms with Crippen molar-refractivity contribution in [2.45, 2.75) is 64.8 Å². The normalized spacial score (nSPS) is 20.7. The highest BCUT2D eigenvalue weighted by Crippen LogP contribution is 2.26. The number of carbonyl (C=O) groups is 1. The molecule has 29 heavy (non-hydrogen) atoms. The lowest BCUT2D eigenvalue weighted by atomic mass is 9.86. The molecule has 1 aliphatic heterocycles. The van der Waals surface area contributed by atoms with E-state index in [-0.39, 0.29) is 16.9 Å². The highest BCUT2D eigenvalue weighted by atomic mass is 16.2. The second kappa shape index (κ2) is 8.93. The highest BCUT2D eigenvalue weighted by molar-refractivity contribution is 5.93. The van der Waals surface area contributed by atoms with Crippen LogP contribution < -0.4 is 5.43 Å². The SMILES string of the molecule is Cc1cc(=O)c(C(=O)N2CCCC(Cn3cc(CC4CCCCC4)nn3)C2)c[nH]1. The number of nitrogens with one attached hydrogen (secondary N) is 1. The molecule has 1 aliphatic carbocycles. The molecule has 7 heteroatoms. The standard InChI is InChI=1S/C22H31N5O2/c1-16-10-21(28)20(12-23-16)22(29)26-9-5-8-18(13-26)14-27-15-19(24-25-27)11-17-6-3-2-4-7-17/h10,12,15,17-18H,2-9,11,13-14H2,1H3,(H,23,28). The number of pyridine rings is 1. The summed E-state index contributed by atoms with van der Waals surface area (Å²) in [6.45, 7) is 3.94. The van der Waals surface area contributed by atoms with Crippen LogP contribution in [0.2, 0.25) is 0 Å². The van der Waals surface area contributed by atoms with Crippen molar-refractivity contribution in [1.82, 2.24) is 24.9 Å². The Balaban J connectivity index is 1.35. The van der Waals surface area contributed by atoms with E-state index in [1.165, 1.54) is 38.2 Å². The molecular weight excluding hydrogens is 366 g/mol. The molecule has 0 bridgehead atoms. The summed E-state index contributed by atoms with van der Waals surface area (Å²) in [4.78, 5) is 29.8. The Bertz CT molecular complexity index is 897. The molecule has 0 aromatic carbocycles. The van der Waals surface area contributed by atoms with E-state index >= 15 is 0 Å². The number of rotatable bonds is 5. The van der Waals surface area contributed by atoms with Crippen molar-refractivity contribution in [2.24, 2.45) is 11.8 Å². The van der Waals surface area contributed by atoms with Crippen molar-refractivity contribution in [3.05, 3.63) is 45.6 Å². The van der Waals surface area contributed by atoms with Crippen LogP contribution in [0.3, 0.4) is 0 Å². The summed E-state index contributed by atoms with van der Waals surface area (Å²) in [6.07, 6.45) is 13.3. The van der Waals surface area contributed by atoms with Gasteiger partial charge >= 0.3 is 0 Å². The van der Waals surface area contributed by atoms with Gasteiger partial charge in [-0.25, -0.2) is 0 Å². The van der Waals surface area contributed by atoms with Gasteiger partial charge in [0, 0.05) is 43.8 Å². The van der Waals surface area contributed by atoms with Gasteiger partial charge in [-0.1, -0.05) is 37.3 Å². The number of aryl methyl sites for hydroxylation is 1. The fourth-order valence-electron chi connectivity index (χ4n) is 4.78. The minimum atomic E-state index is -0.211. The van der Waals surface area contributed by atoms with Crippen LogP contribution >= 0.6 is 0 Å². The van der Waals surface area contributed by atoms with Crippen molar-refractivity contribution >= 4 is 5.91 Å². The van der Waals surface area contributed by atoms with E-state index in [1.54, 1.807) is 6.20 Å². The monoisotopic (exact) mass is 397 g/mol. The molecule has 1 unspecified atom stereocenters. The average Bonchev–Trinajstić information content (AvgIpc) is 3.15. The molecule has 2 aliphatic rings. The molecule has 0 spiro atoms. The van der Waals surface area contributed by atoms with Crippen molar-refractivity contribution in [3.8, 4) is 0 Å². The van der Waals surface area contributed by atoms with Gasteiger partial charge in [-0.2, -0.15) is 0 Å². The Labute approximate surface area is 171 Å². The first-order valence-electron chi connectivity index (χ1n) is 11.0. The van der Waals surface area contributed by atoms with Crippen molar-refractivity contribution in [2.75, 3.05) is 13.1 Å². The number of hydrogen-bond acceptors (Lipinski definition) is 4. The summed E-state index contributed by atoms with van der Waals surface area (Å²) in [5, 5.41) is 8.72. The van der Waals surface area contributed by atoms with Crippen LogP contribution in [0.15, 0.2) is 23.3 Å². The third-order valence-electron chi connectivity index (χ3n) is 6.35. The third-order valence-corrected chi connectivity index (χ3v) is 6.35. The molecule has 3 heterocycles. The molecule has 1 saturated heterocycles. The number of aromatic amines is 1. The highest BCUT2D eigenvalue weighted by Gasteiger charge is 2.26. The predicted molar refractivity (Wildman–Crippen MR) is 111 cm³/mol. The van der Waals surface area contributed by atoms with Gasteiger partial charge in [0.1, 0.15) is 5.56 Å². The van der Waals surface area contributed by atoms with E-state index < -0.39 is 0 Å². The number of hydrogen-bond donors (Lipinski definition) is 1. The Morgan fingerprint density at radius 1 is 1.17 bits per heavy atom. The molecule has 4 rings (SSSR count). The maximum Gasteiger partial charge on any atom is 0.259 e. The van der Waals surface area contributed by atoms with Crippen LogP contribution in [0.25, 0.3) is 0 Å². The van der Waals surface area contributed by atoms with Gasteiger partial charge < -0.3 is 9.88 Å². The van der Waals surface area contributed by atoms with Gasteiger partial charge in [0.05, 0.1) is 5.69 Å². The number of H-pyrrole nitrogens is 1. The third kappa shape index (κ3) is 4.95.